The zero-order chi connectivity index (χ0) is 12.8. The number of benzene rings is 1. The molecule has 0 aliphatic rings. The van der Waals surface area contributed by atoms with E-state index < -0.39 is 4.92 Å². The Morgan fingerprint density at radius 3 is 2.71 bits per heavy atom. The van der Waals surface area contributed by atoms with Crippen molar-refractivity contribution in [2.75, 3.05) is 20.7 Å². The van der Waals surface area contributed by atoms with E-state index in [0.717, 1.165) is 0 Å². The summed E-state index contributed by atoms with van der Waals surface area (Å²) < 4.78 is 5.26. The predicted molar refractivity (Wildman–Crippen MR) is 67.0 cm³/mol. The Hall–Kier alpha value is -2.04. The highest BCUT2D eigenvalue weighted by Gasteiger charge is 2.18. The van der Waals surface area contributed by atoms with E-state index in [4.69, 9.17) is 4.74 Å². The molecule has 17 heavy (non-hydrogen) atoms. The van der Waals surface area contributed by atoms with Crippen LogP contribution in [-0.2, 0) is 0 Å². The van der Waals surface area contributed by atoms with E-state index in [1.807, 2.05) is 19.0 Å². The molecule has 0 atom stereocenters. The molecular formula is C12H16N2O3. The fourth-order valence-corrected chi connectivity index (χ4v) is 1.37. The van der Waals surface area contributed by atoms with Gasteiger partial charge in [0.1, 0.15) is 0 Å². The molecule has 5 heteroatoms. The fourth-order valence-electron chi connectivity index (χ4n) is 1.37. The quantitative estimate of drug-likeness (QED) is 0.582. The smallest absolute Gasteiger partial charge is 0.318 e. The van der Waals surface area contributed by atoms with Crippen molar-refractivity contribution in [1.29, 1.82) is 0 Å². The number of nitrogens with zero attached hydrogens (tertiary/aromatic N) is 2. The lowest BCUT2D eigenvalue weighted by Gasteiger charge is -2.07. The minimum Gasteiger partial charge on any atom is -0.487 e. The van der Waals surface area contributed by atoms with Crippen LogP contribution in [0.2, 0.25) is 0 Å². The first-order chi connectivity index (χ1) is 8.06. The second kappa shape index (κ2) is 5.89. The highest BCUT2D eigenvalue weighted by atomic mass is 16.6. The van der Waals surface area contributed by atoms with Gasteiger partial charge in [0, 0.05) is 14.1 Å². The Kier molecular flexibility index (Phi) is 4.51. The van der Waals surface area contributed by atoms with E-state index >= 15 is 0 Å². The summed E-state index contributed by atoms with van der Waals surface area (Å²) in [6.45, 7) is 2.20. The third-order valence-corrected chi connectivity index (χ3v) is 2.06. The van der Waals surface area contributed by atoms with Crippen molar-refractivity contribution < 1.29 is 9.66 Å². The van der Waals surface area contributed by atoms with Crippen molar-refractivity contribution in [3.8, 4) is 5.75 Å². The van der Waals surface area contributed by atoms with Crippen LogP contribution in [0.1, 0.15) is 12.5 Å². The van der Waals surface area contributed by atoms with Crippen LogP contribution in [0.4, 0.5) is 5.69 Å². The molecule has 0 aliphatic heterocycles. The summed E-state index contributed by atoms with van der Waals surface area (Å²) in [5, 5.41) is 11.0. The first-order valence-electron chi connectivity index (χ1n) is 5.31. The number of nitro groups is 1. The molecule has 0 fully saturated rings. The molecule has 0 radical (unpaired) electrons. The average molecular weight is 236 g/mol. The molecule has 0 bridgehead atoms. The van der Waals surface area contributed by atoms with Gasteiger partial charge in [-0.05, 0) is 31.3 Å². The second-order valence-corrected chi connectivity index (χ2v) is 3.66. The number of ether oxygens (including phenoxy) is 1. The summed E-state index contributed by atoms with van der Waals surface area (Å²) >= 11 is 0. The van der Waals surface area contributed by atoms with E-state index in [1.54, 1.807) is 37.4 Å². The van der Waals surface area contributed by atoms with Gasteiger partial charge in [-0.15, -0.1) is 0 Å². The molecule has 0 heterocycles. The van der Waals surface area contributed by atoms with Crippen molar-refractivity contribution in [3.05, 3.63) is 40.1 Å². The fraction of sp³-hybridized carbons (Fsp3) is 0.333. The van der Waals surface area contributed by atoms with E-state index in [1.165, 1.54) is 0 Å². The van der Waals surface area contributed by atoms with Crippen LogP contribution >= 0.6 is 0 Å². The van der Waals surface area contributed by atoms with Crippen molar-refractivity contribution in [2.45, 2.75) is 6.92 Å². The summed E-state index contributed by atoms with van der Waals surface area (Å²) in [7, 11) is 3.71. The van der Waals surface area contributed by atoms with Gasteiger partial charge in [0.2, 0.25) is 0 Å². The molecule has 0 aromatic heterocycles. The zero-order valence-electron chi connectivity index (χ0n) is 10.2. The Bertz CT molecular complexity index is 428. The highest BCUT2D eigenvalue weighted by molar-refractivity contribution is 5.66. The van der Waals surface area contributed by atoms with Crippen molar-refractivity contribution in [2.24, 2.45) is 0 Å². The highest BCUT2D eigenvalue weighted by Crippen LogP contribution is 2.31. The van der Waals surface area contributed by atoms with Gasteiger partial charge in [-0.3, -0.25) is 10.1 Å². The van der Waals surface area contributed by atoms with Crippen LogP contribution in [0.5, 0.6) is 5.75 Å². The first kappa shape index (κ1) is 13.0. The summed E-state index contributed by atoms with van der Waals surface area (Å²) in [5.41, 5.74) is 0.544. The average Bonchev–Trinajstić information content (AvgIpc) is 2.26. The van der Waals surface area contributed by atoms with Gasteiger partial charge in [-0.2, -0.15) is 0 Å². The summed E-state index contributed by atoms with van der Waals surface area (Å²) in [5.74, 6) is 0.304. The molecular weight excluding hydrogens is 220 g/mol. The van der Waals surface area contributed by atoms with Crippen molar-refractivity contribution in [3.63, 3.8) is 0 Å². The van der Waals surface area contributed by atoms with Crippen molar-refractivity contribution >= 4 is 11.8 Å². The van der Waals surface area contributed by atoms with Gasteiger partial charge in [-0.1, -0.05) is 6.07 Å². The third kappa shape index (κ3) is 3.48. The topological polar surface area (TPSA) is 55.6 Å². The van der Waals surface area contributed by atoms with Gasteiger partial charge in [-0.25, -0.2) is 0 Å². The molecule has 1 aromatic rings. The third-order valence-electron chi connectivity index (χ3n) is 2.06. The van der Waals surface area contributed by atoms with E-state index in [2.05, 4.69) is 0 Å². The molecule has 0 aliphatic carbocycles. The maximum atomic E-state index is 11.0. The Labute approximate surface area is 100 Å². The number of hydrogen-bond acceptors (Lipinski definition) is 4. The van der Waals surface area contributed by atoms with Crippen molar-refractivity contribution in [1.82, 2.24) is 4.90 Å². The summed E-state index contributed by atoms with van der Waals surface area (Å²) in [6.07, 6.45) is 3.46. The maximum absolute atomic E-state index is 11.0. The van der Waals surface area contributed by atoms with Crippen LogP contribution < -0.4 is 4.74 Å². The number of rotatable bonds is 5. The standard InChI is InChI=1S/C12H16N2O3/c1-4-17-11-7-5-6-10(8-9-13(2)3)12(11)14(15)16/h5-9H,4H2,1-3H3. The summed E-state index contributed by atoms with van der Waals surface area (Å²) in [4.78, 5) is 12.4. The lowest BCUT2D eigenvalue weighted by molar-refractivity contribution is -0.386. The molecule has 0 unspecified atom stereocenters. The lowest BCUT2D eigenvalue weighted by atomic mass is 10.1. The molecule has 0 N–H and O–H groups in total. The largest absolute Gasteiger partial charge is 0.487 e. The summed E-state index contributed by atoms with van der Waals surface area (Å²) in [6, 6.07) is 5.04. The number of para-hydroxylation sites is 1. The van der Waals surface area contributed by atoms with Crippen LogP contribution in [0, 0.1) is 10.1 Å². The zero-order valence-corrected chi connectivity index (χ0v) is 10.2. The van der Waals surface area contributed by atoms with Gasteiger partial charge in [0.05, 0.1) is 17.1 Å². The van der Waals surface area contributed by atoms with Gasteiger partial charge in [0.25, 0.3) is 0 Å². The minimum atomic E-state index is -0.416. The SMILES string of the molecule is CCOc1cccc(C=CN(C)C)c1[N+](=O)[O-]. The predicted octanol–water partition coefficient (Wildman–Crippen LogP) is 2.53. The van der Waals surface area contributed by atoms with Crippen LogP contribution in [-0.4, -0.2) is 30.5 Å². The molecule has 5 nitrogen and oxygen atoms in total. The Morgan fingerprint density at radius 1 is 1.47 bits per heavy atom. The molecule has 0 saturated carbocycles. The van der Waals surface area contributed by atoms with E-state index in [-0.39, 0.29) is 5.69 Å². The minimum absolute atomic E-state index is 0.00690. The van der Waals surface area contributed by atoms with Crippen LogP contribution in [0.25, 0.3) is 6.08 Å². The van der Waals surface area contributed by atoms with Crippen LogP contribution in [0.3, 0.4) is 0 Å². The molecule has 0 spiro atoms. The van der Waals surface area contributed by atoms with Gasteiger partial charge < -0.3 is 9.64 Å². The monoisotopic (exact) mass is 236 g/mol. The molecule has 1 aromatic carbocycles. The van der Waals surface area contributed by atoms with Crippen LogP contribution in [0.15, 0.2) is 24.4 Å². The Balaban J connectivity index is 3.20. The maximum Gasteiger partial charge on any atom is 0.318 e. The number of hydrogen-bond donors (Lipinski definition) is 0. The Morgan fingerprint density at radius 2 is 2.18 bits per heavy atom. The van der Waals surface area contributed by atoms with E-state index in [0.29, 0.717) is 17.9 Å². The van der Waals surface area contributed by atoms with E-state index in [9.17, 15) is 10.1 Å². The molecule has 1 rings (SSSR count). The lowest BCUT2D eigenvalue weighted by Crippen LogP contribution is -2.01. The second-order valence-electron chi connectivity index (χ2n) is 3.66. The molecule has 0 amide bonds. The molecule has 92 valence electrons. The molecule has 0 saturated heterocycles. The van der Waals surface area contributed by atoms with Gasteiger partial charge in [0.15, 0.2) is 5.75 Å². The van der Waals surface area contributed by atoms with Gasteiger partial charge >= 0.3 is 5.69 Å². The first-order valence-corrected chi connectivity index (χ1v) is 5.31. The number of nitro benzene ring substituents is 1. The normalized spacial score (nSPS) is 10.5.